The zero-order chi connectivity index (χ0) is 20.5. The number of fused-ring (bicyclic) bond motifs is 3. The number of benzene rings is 1. The van der Waals surface area contributed by atoms with E-state index < -0.39 is 0 Å². The van der Waals surface area contributed by atoms with Crippen LogP contribution in [0.3, 0.4) is 0 Å². The average molecular weight is 416 g/mol. The van der Waals surface area contributed by atoms with Crippen molar-refractivity contribution in [2.45, 2.75) is 51.1 Å². The molecule has 1 aliphatic heterocycles. The molecule has 1 amide bonds. The Bertz CT molecular complexity index is 1100. The molecule has 3 heterocycles. The van der Waals surface area contributed by atoms with Gasteiger partial charge in [0.25, 0.3) is 5.56 Å². The molecule has 0 bridgehead atoms. The lowest BCUT2D eigenvalue weighted by Crippen LogP contribution is -2.48. The van der Waals surface area contributed by atoms with Gasteiger partial charge in [-0.05, 0) is 32.4 Å². The molecule has 0 aliphatic carbocycles. The highest BCUT2D eigenvalue weighted by atomic mass is 32.2. The molecule has 8 nitrogen and oxygen atoms in total. The first-order valence-corrected chi connectivity index (χ1v) is 10.9. The molecule has 2 aromatic heterocycles. The Morgan fingerprint density at radius 2 is 1.93 bits per heavy atom. The number of aromatic nitrogens is 4. The largest absolute Gasteiger partial charge is 0.372 e. The first-order chi connectivity index (χ1) is 14.0. The maximum absolute atomic E-state index is 12.9. The molecule has 1 aliphatic rings. The molecule has 0 saturated carbocycles. The summed E-state index contributed by atoms with van der Waals surface area (Å²) in [4.78, 5) is 27.5. The molecule has 1 fully saturated rings. The standard InChI is InChI=1S/C20H25N5O3S/c1-4-9-24-18(27)15-7-5-6-8-16(15)25-19(24)21-22-20(25)29-12-17(26)23-10-13(2)28-14(3)11-23/h5-8,13-14H,4,9-12H2,1-3H3. The molecule has 1 aromatic carbocycles. The third-order valence-corrected chi connectivity index (χ3v) is 5.94. The number of morpholine rings is 1. The van der Waals surface area contributed by atoms with E-state index in [1.807, 2.05) is 54.3 Å². The zero-order valence-corrected chi connectivity index (χ0v) is 17.7. The Morgan fingerprint density at radius 1 is 1.21 bits per heavy atom. The van der Waals surface area contributed by atoms with E-state index in [4.69, 9.17) is 4.74 Å². The van der Waals surface area contributed by atoms with E-state index in [0.29, 0.717) is 36.0 Å². The van der Waals surface area contributed by atoms with Gasteiger partial charge in [-0.15, -0.1) is 10.2 Å². The third kappa shape index (κ3) is 3.76. The SMILES string of the molecule is CCCn1c(=O)c2ccccc2n2c(SCC(=O)N3CC(C)OC(C)C3)nnc12. The van der Waals surface area contributed by atoms with E-state index in [1.54, 1.807) is 4.57 Å². The Morgan fingerprint density at radius 3 is 2.66 bits per heavy atom. The highest BCUT2D eigenvalue weighted by Crippen LogP contribution is 2.22. The van der Waals surface area contributed by atoms with Crippen molar-refractivity contribution < 1.29 is 9.53 Å². The van der Waals surface area contributed by atoms with E-state index >= 15 is 0 Å². The molecule has 4 rings (SSSR count). The summed E-state index contributed by atoms with van der Waals surface area (Å²) in [6.07, 6.45) is 0.887. The predicted molar refractivity (Wildman–Crippen MR) is 112 cm³/mol. The second-order valence-electron chi connectivity index (χ2n) is 7.44. The van der Waals surface area contributed by atoms with Crippen LogP contribution in [0.25, 0.3) is 16.7 Å². The van der Waals surface area contributed by atoms with Crippen molar-refractivity contribution in [1.29, 1.82) is 0 Å². The summed E-state index contributed by atoms with van der Waals surface area (Å²) in [5.74, 6) is 0.834. The number of carbonyl (C=O) groups is 1. The Kier molecular flexibility index (Phi) is 5.60. The van der Waals surface area contributed by atoms with E-state index in [1.165, 1.54) is 11.8 Å². The summed E-state index contributed by atoms with van der Waals surface area (Å²) in [7, 11) is 0. The summed E-state index contributed by atoms with van der Waals surface area (Å²) in [6, 6.07) is 7.45. The monoisotopic (exact) mass is 415 g/mol. The van der Waals surface area contributed by atoms with Gasteiger partial charge in [-0.25, -0.2) is 0 Å². The summed E-state index contributed by atoms with van der Waals surface area (Å²) in [5, 5.41) is 9.81. The fourth-order valence-electron chi connectivity index (χ4n) is 3.85. The number of amides is 1. The van der Waals surface area contributed by atoms with Crippen molar-refractivity contribution in [1.82, 2.24) is 24.1 Å². The number of hydrogen-bond donors (Lipinski definition) is 0. The maximum Gasteiger partial charge on any atom is 0.262 e. The number of ether oxygens (including phenoxy) is 1. The summed E-state index contributed by atoms with van der Waals surface area (Å²) >= 11 is 1.35. The fraction of sp³-hybridized carbons (Fsp3) is 0.500. The molecule has 1 saturated heterocycles. The predicted octanol–water partition coefficient (Wildman–Crippen LogP) is 2.18. The first-order valence-electron chi connectivity index (χ1n) is 9.92. The van der Waals surface area contributed by atoms with Crippen molar-refractivity contribution in [2.75, 3.05) is 18.8 Å². The first kappa shape index (κ1) is 19.9. The number of carbonyl (C=O) groups excluding carboxylic acids is 1. The van der Waals surface area contributed by atoms with Crippen LogP contribution in [0.5, 0.6) is 0 Å². The minimum absolute atomic E-state index is 0.0362. The summed E-state index contributed by atoms with van der Waals surface area (Å²) in [5.41, 5.74) is 0.694. The van der Waals surface area contributed by atoms with Gasteiger partial charge in [-0.1, -0.05) is 30.8 Å². The number of rotatable bonds is 5. The molecular weight excluding hydrogens is 390 g/mol. The lowest BCUT2D eigenvalue weighted by molar-refractivity contribution is -0.140. The molecule has 0 radical (unpaired) electrons. The van der Waals surface area contributed by atoms with Crippen LogP contribution >= 0.6 is 11.8 Å². The third-order valence-electron chi connectivity index (χ3n) is 5.02. The van der Waals surface area contributed by atoms with E-state index in [2.05, 4.69) is 10.2 Å². The second-order valence-corrected chi connectivity index (χ2v) is 8.38. The highest BCUT2D eigenvalue weighted by Gasteiger charge is 2.26. The van der Waals surface area contributed by atoms with Gasteiger partial charge in [-0.3, -0.25) is 18.6 Å². The quantitative estimate of drug-likeness (QED) is 0.594. The minimum atomic E-state index is -0.0636. The van der Waals surface area contributed by atoms with Crippen LogP contribution in [0.2, 0.25) is 0 Å². The zero-order valence-electron chi connectivity index (χ0n) is 16.9. The van der Waals surface area contributed by atoms with Gasteiger partial charge in [0.15, 0.2) is 5.16 Å². The van der Waals surface area contributed by atoms with Crippen molar-refractivity contribution >= 4 is 34.3 Å². The van der Waals surface area contributed by atoms with Crippen molar-refractivity contribution in [3.8, 4) is 0 Å². The summed E-state index contributed by atoms with van der Waals surface area (Å²) < 4.78 is 9.25. The number of aryl methyl sites for hydroxylation is 1. The molecule has 2 unspecified atom stereocenters. The normalized spacial score (nSPS) is 19.9. The molecule has 9 heteroatoms. The molecule has 0 N–H and O–H groups in total. The molecular formula is C20H25N5O3S. The molecule has 2 atom stereocenters. The van der Waals surface area contributed by atoms with Crippen LogP contribution in [-0.2, 0) is 16.1 Å². The number of thioether (sulfide) groups is 1. The molecule has 29 heavy (non-hydrogen) atoms. The van der Waals surface area contributed by atoms with Crippen LogP contribution in [-0.4, -0.2) is 61.0 Å². The smallest absolute Gasteiger partial charge is 0.262 e. The maximum atomic E-state index is 12.9. The topological polar surface area (TPSA) is 81.7 Å². The van der Waals surface area contributed by atoms with E-state index in [-0.39, 0.29) is 29.4 Å². The van der Waals surface area contributed by atoms with Crippen LogP contribution in [0.1, 0.15) is 27.2 Å². The van der Waals surface area contributed by atoms with Gasteiger partial charge < -0.3 is 9.64 Å². The summed E-state index contributed by atoms with van der Waals surface area (Å²) in [6.45, 7) is 7.75. The van der Waals surface area contributed by atoms with Gasteiger partial charge in [-0.2, -0.15) is 0 Å². The van der Waals surface area contributed by atoms with Crippen LogP contribution < -0.4 is 5.56 Å². The molecule has 154 valence electrons. The van der Waals surface area contributed by atoms with Crippen LogP contribution in [0.15, 0.2) is 34.2 Å². The van der Waals surface area contributed by atoms with Crippen molar-refractivity contribution in [3.63, 3.8) is 0 Å². The number of hydrogen-bond acceptors (Lipinski definition) is 6. The Balaban J connectivity index is 1.66. The lowest BCUT2D eigenvalue weighted by Gasteiger charge is -2.35. The Hall–Kier alpha value is -2.39. The Labute approximate surface area is 172 Å². The second kappa shape index (κ2) is 8.16. The van der Waals surface area contributed by atoms with Crippen LogP contribution in [0, 0.1) is 0 Å². The fourth-order valence-corrected chi connectivity index (χ4v) is 4.69. The van der Waals surface area contributed by atoms with Gasteiger partial charge in [0.1, 0.15) is 0 Å². The minimum Gasteiger partial charge on any atom is -0.372 e. The van der Waals surface area contributed by atoms with Gasteiger partial charge in [0.2, 0.25) is 11.7 Å². The van der Waals surface area contributed by atoms with Gasteiger partial charge >= 0.3 is 0 Å². The highest BCUT2D eigenvalue weighted by molar-refractivity contribution is 7.99. The van der Waals surface area contributed by atoms with Gasteiger partial charge in [0.05, 0.1) is 28.9 Å². The number of nitrogens with zero attached hydrogens (tertiary/aromatic N) is 5. The number of para-hydroxylation sites is 1. The molecule has 3 aromatic rings. The average Bonchev–Trinajstić information content (AvgIpc) is 3.12. The van der Waals surface area contributed by atoms with Gasteiger partial charge in [0, 0.05) is 19.6 Å². The van der Waals surface area contributed by atoms with Crippen molar-refractivity contribution in [3.05, 3.63) is 34.6 Å². The van der Waals surface area contributed by atoms with E-state index in [9.17, 15) is 9.59 Å². The van der Waals surface area contributed by atoms with Crippen molar-refractivity contribution in [2.24, 2.45) is 0 Å². The lowest BCUT2D eigenvalue weighted by atomic mass is 10.2. The molecule has 0 spiro atoms. The van der Waals surface area contributed by atoms with E-state index in [0.717, 1.165) is 11.9 Å². The van der Waals surface area contributed by atoms with Crippen LogP contribution in [0.4, 0.5) is 0 Å².